The molecule has 0 aromatic heterocycles. The summed E-state index contributed by atoms with van der Waals surface area (Å²) in [7, 11) is -7.64. The predicted octanol–water partition coefficient (Wildman–Crippen LogP) is 5.47. The lowest BCUT2D eigenvalue weighted by atomic mass is 9.87. The third-order valence-electron chi connectivity index (χ3n) is 8.13. The second-order valence-electron chi connectivity index (χ2n) is 12.2. The van der Waals surface area contributed by atoms with Gasteiger partial charge in [0.2, 0.25) is 10.0 Å². The second-order valence-corrected chi connectivity index (χ2v) is 15.7. The minimum absolute atomic E-state index is 0.176. The van der Waals surface area contributed by atoms with E-state index in [9.17, 15) is 21.6 Å². The van der Waals surface area contributed by atoms with Crippen molar-refractivity contribution in [2.75, 3.05) is 30.9 Å². The number of aryl methyl sites for hydroxylation is 3. The summed E-state index contributed by atoms with van der Waals surface area (Å²) in [6, 6.07) is 13.8. The molecule has 0 atom stereocenters. The van der Waals surface area contributed by atoms with E-state index in [2.05, 4.69) is 4.72 Å². The van der Waals surface area contributed by atoms with Crippen LogP contribution in [0.15, 0.2) is 58.3 Å². The minimum atomic E-state index is -3.91. The Hall–Kier alpha value is -3.21. The van der Waals surface area contributed by atoms with Gasteiger partial charge in [-0.3, -0.25) is 9.52 Å². The van der Waals surface area contributed by atoms with Gasteiger partial charge in [0.1, 0.15) is 0 Å². The van der Waals surface area contributed by atoms with Crippen LogP contribution in [-0.4, -0.2) is 58.1 Å². The summed E-state index contributed by atoms with van der Waals surface area (Å²) in [6.07, 6.45) is 0. The highest BCUT2D eigenvalue weighted by molar-refractivity contribution is 7.92. The summed E-state index contributed by atoms with van der Waals surface area (Å²) in [5, 5.41) is 0. The molecule has 0 unspecified atom stereocenters. The lowest BCUT2D eigenvalue weighted by molar-refractivity contribution is 0.0698. The number of anilines is 1. The largest absolute Gasteiger partial charge is 0.336 e. The Morgan fingerprint density at radius 1 is 0.762 bits per heavy atom. The van der Waals surface area contributed by atoms with Gasteiger partial charge in [-0.25, -0.2) is 16.8 Å². The van der Waals surface area contributed by atoms with Crippen LogP contribution in [0.2, 0.25) is 0 Å². The standard InChI is InChI=1S/C32H41N3O5S2/c1-21-12-13-27(32(6,7)8)20-29(21)41(37,38)33-28-11-9-10-26(19-28)31(36)34-14-16-35(17-15-34)42(39,40)30-24(4)22(2)18-23(3)25(30)5/h9-13,18-20,33H,14-17H2,1-8H3. The van der Waals surface area contributed by atoms with Gasteiger partial charge in [0.25, 0.3) is 15.9 Å². The van der Waals surface area contributed by atoms with E-state index in [4.69, 9.17) is 0 Å². The first kappa shape index (κ1) is 31.7. The SMILES string of the molecule is Cc1ccc(C(C)(C)C)cc1S(=O)(=O)Nc1cccc(C(=O)N2CCN(S(=O)(=O)c3c(C)c(C)cc(C)c3C)CC2)c1. The first-order valence-corrected chi connectivity index (χ1v) is 17.0. The highest BCUT2D eigenvalue weighted by Gasteiger charge is 2.33. The lowest BCUT2D eigenvalue weighted by Crippen LogP contribution is -2.50. The summed E-state index contributed by atoms with van der Waals surface area (Å²) >= 11 is 0. The van der Waals surface area contributed by atoms with Gasteiger partial charge in [-0.15, -0.1) is 0 Å². The van der Waals surface area contributed by atoms with Crippen LogP contribution in [0.3, 0.4) is 0 Å². The van der Waals surface area contributed by atoms with E-state index in [0.717, 1.165) is 27.8 Å². The van der Waals surface area contributed by atoms with Crippen LogP contribution in [0.25, 0.3) is 0 Å². The second kappa shape index (κ2) is 11.5. The van der Waals surface area contributed by atoms with Crippen LogP contribution in [0.1, 0.15) is 64.5 Å². The molecule has 1 fully saturated rings. The zero-order valence-electron chi connectivity index (χ0n) is 25.7. The lowest BCUT2D eigenvalue weighted by Gasteiger charge is -2.35. The van der Waals surface area contributed by atoms with Crippen LogP contribution < -0.4 is 4.72 Å². The monoisotopic (exact) mass is 611 g/mol. The van der Waals surface area contributed by atoms with Crippen molar-refractivity contribution in [3.8, 4) is 0 Å². The molecule has 3 aromatic rings. The topological polar surface area (TPSA) is 104 Å². The average Bonchev–Trinajstić information content (AvgIpc) is 2.91. The third kappa shape index (κ3) is 6.26. The molecule has 1 saturated heterocycles. The maximum atomic E-state index is 13.6. The number of hydrogen-bond acceptors (Lipinski definition) is 5. The first-order valence-electron chi connectivity index (χ1n) is 14.0. The number of benzene rings is 3. The van der Waals surface area contributed by atoms with Gasteiger partial charge < -0.3 is 4.90 Å². The molecule has 0 aliphatic carbocycles. The van der Waals surface area contributed by atoms with E-state index in [1.807, 2.05) is 60.6 Å². The maximum absolute atomic E-state index is 13.6. The summed E-state index contributed by atoms with van der Waals surface area (Å²) in [5.74, 6) is -0.280. The molecule has 1 amide bonds. The van der Waals surface area contributed by atoms with Gasteiger partial charge in [0, 0.05) is 37.4 Å². The number of nitrogens with zero attached hydrogens (tertiary/aromatic N) is 2. The molecule has 0 bridgehead atoms. The predicted molar refractivity (Wildman–Crippen MR) is 167 cm³/mol. The highest BCUT2D eigenvalue weighted by atomic mass is 32.2. The van der Waals surface area contributed by atoms with E-state index in [1.165, 1.54) is 10.4 Å². The molecule has 226 valence electrons. The Morgan fingerprint density at radius 3 is 1.93 bits per heavy atom. The zero-order valence-corrected chi connectivity index (χ0v) is 27.3. The maximum Gasteiger partial charge on any atom is 0.262 e. The molecule has 42 heavy (non-hydrogen) atoms. The zero-order chi connectivity index (χ0) is 31.2. The number of carbonyl (C=O) groups is 1. The fourth-order valence-electron chi connectivity index (χ4n) is 5.29. The number of carbonyl (C=O) groups excluding carboxylic acids is 1. The van der Waals surface area contributed by atoms with Crippen molar-refractivity contribution < 1.29 is 21.6 Å². The molecule has 1 N–H and O–H groups in total. The number of piperazine rings is 1. The number of hydrogen-bond donors (Lipinski definition) is 1. The summed E-state index contributed by atoms with van der Waals surface area (Å²) in [5.41, 5.74) is 5.27. The van der Waals surface area contributed by atoms with Crippen molar-refractivity contribution >= 4 is 31.6 Å². The van der Waals surface area contributed by atoms with E-state index < -0.39 is 20.0 Å². The first-order chi connectivity index (χ1) is 19.4. The van der Waals surface area contributed by atoms with Gasteiger partial charge >= 0.3 is 0 Å². The normalized spacial score (nSPS) is 15.1. The molecule has 8 nitrogen and oxygen atoms in total. The van der Waals surface area contributed by atoms with Crippen molar-refractivity contribution in [1.29, 1.82) is 0 Å². The summed E-state index contributed by atoms with van der Waals surface area (Å²) < 4.78 is 58.0. The van der Waals surface area contributed by atoms with E-state index >= 15 is 0 Å². The fourth-order valence-corrected chi connectivity index (χ4v) is 8.61. The fraction of sp³-hybridized carbons (Fsp3) is 0.406. The Balaban J connectivity index is 1.50. The van der Waals surface area contributed by atoms with Crippen molar-refractivity contribution in [3.63, 3.8) is 0 Å². The number of amides is 1. The summed E-state index contributed by atoms with van der Waals surface area (Å²) in [4.78, 5) is 15.6. The molecule has 4 rings (SSSR count). The quantitative estimate of drug-likeness (QED) is 0.398. The molecule has 0 spiro atoms. The molecule has 0 saturated carbocycles. The smallest absolute Gasteiger partial charge is 0.262 e. The van der Waals surface area contributed by atoms with Crippen molar-refractivity contribution in [1.82, 2.24) is 9.21 Å². The minimum Gasteiger partial charge on any atom is -0.336 e. The van der Waals surface area contributed by atoms with E-state index in [-0.39, 0.29) is 48.1 Å². The Bertz CT molecular complexity index is 1720. The van der Waals surface area contributed by atoms with Gasteiger partial charge in [0.05, 0.1) is 9.79 Å². The molecule has 1 aliphatic rings. The molecule has 3 aromatic carbocycles. The van der Waals surface area contributed by atoms with Gasteiger partial charge in [0.15, 0.2) is 0 Å². The molecular weight excluding hydrogens is 571 g/mol. The molecular formula is C32H41N3O5S2. The highest BCUT2D eigenvalue weighted by Crippen LogP contribution is 2.30. The van der Waals surface area contributed by atoms with Gasteiger partial charge in [-0.2, -0.15) is 4.31 Å². The summed E-state index contributed by atoms with van der Waals surface area (Å²) in [6.45, 7) is 16.1. The van der Waals surface area contributed by atoms with Crippen molar-refractivity contribution in [2.24, 2.45) is 0 Å². The van der Waals surface area contributed by atoms with Crippen molar-refractivity contribution in [3.05, 3.63) is 87.5 Å². The van der Waals surface area contributed by atoms with Crippen LogP contribution >= 0.6 is 0 Å². The molecule has 1 aliphatic heterocycles. The Labute approximate surface area is 250 Å². The number of rotatable bonds is 6. The van der Waals surface area contributed by atoms with Crippen LogP contribution in [0.4, 0.5) is 5.69 Å². The van der Waals surface area contributed by atoms with E-state index in [1.54, 1.807) is 42.2 Å². The van der Waals surface area contributed by atoms with Crippen LogP contribution in [0.5, 0.6) is 0 Å². The van der Waals surface area contributed by atoms with Gasteiger partial charge in [-0.05, 0) is 97.7 Å². The molecule has 1 heterocycles. The molecule has 10 heteroatoms. The van der Waals surface area contributed by atoms with Crippen LogP contribution in [-0.2, 0) is 25.5 Å². The number of sulfonamides is 2. The average molecular weight is 612 g/mol. The number of nitrogens with one attached hydrogen (secondary N) is 1. The van der Waals surface area contributed by atoms with Crippen LogP contribution in [0, 0.1) is 34.6 Å². The van der Waals surface area contributed by atoms with Gasteiger partial charge in [-0.1, -0.05) is 45.0 Å². The Kier molecular flexibility index (Phi) is 8.66. The molecule has 0 radical (unpaired) electrons. The van der Waals surface area contributed by atoms with E-state index in [0.29, 0.717) is 16.0 Å². The van der Waals surface area contributed by atoms with Crippen molar-refractivity contribution in [2.45, 2.75) is 70.6 Å². The Morgan fingerprint density at radius 2 is 1.36 bits per heavy atom. The third-order valence-corrected chi connectivity index (χ3v) is 11.8.